The number of aromatic nitrogens is 1. The fourth-order valence-electron chi connectivity index (χ4n) is 4.35. The minimum atomic E-state index is 0.144. The van der Waals surface area contributed by atoms with Crippen LogP contribution in [-0.4, -0.2) is 55.1 Å². The summed E-state index contributed by atoms with van der Waals surface area (Å²) in [7, 11) is 0. The molecule has 4 rings (SSSR count). The average Bonchev–Trinajstić information content (AvgIpc) is 3.09. The molecule has 2 aliphatic rings. The number of thiophene rings is 1. The number of amides is 1. The van der Waals surface area contributed by atoms with Crippen LogP contribution >= 0.6 is 11.3 Å². The standard InChI is InChI=1S/C21H30N4OS/c1-16-15-18-19(27-16)5-8-22-20(18)25-12-6-17(7-13-25)21(26)23-9-14-24-10-3-2-4-11-24/h5,8,15,17H,2-4,6-7,9-14H2,1H3,(H,23,26). The molecule has 146 valence electrons. The third-order valence-corrected chi connectivity index (χ3v) is 6.90. The normalized spacial score (nSPS) is 19.5. The van der Waals surface area contributed by atoms with E-state index in [1.165, 1.54) is 47.3 Å². The number of hydrogen-bond acceptors (Lipinski definition) is 5. The molecule has 2 fully saturated rings. The first kappa shape index (κ1) is 18.7. The molecule has 2 aromatic rings. The minimum absolute atomic E-state index is 0.144. The largest absolute Gasteiger partial charge is 0.356 e. The topological polar surface area (TPSA) is 48.5 Å². The summed E-state index contributed by atoms with van der Waals surface area (Å²) in [6, 6.07) is 4.33. The average molecular weight is 387 g/mol. The Morgan fingerprint density at radius 3 is 2.78 bits per heavy atom. The number of carbonyl (C=O) groups excluding carboxylic acids is 1. The van der Waals surface area contributed by atoms with E-state index in [-0.39, 0.29) is 11.8 Å². The summed E-state index contributed by atoms with van der Waals surface area (Å²) in [6.07, 6.45) is 7.70. The molecule has 0 radical (unpaired) electrons. The minimum Gasteiger partial charge on any atom is -0.356 e. The summed E-state index contributed by atoms with van der Waals surface area (Å²) in [6.45, 7) is 8.12. The number of likely N-dealkylation sites (tertiary alicyclic amines) is 1. The Bertz CT molecular complexity index is 776. The predicted molar refractivity (Wildman–Crippen MR) is 113 cm³/mol. The lowest BCUT2D eigenvalue weighted by atomic mass is 9.95. The summed E-state index contributed by atoms with van der Waals surface area (Å²) in [5.74, 6) is 1.47. The van der Waals surface area contributed by atoms with Crippen LogP contribution in [0.1, 0.15) is 37.0 Å². The number of nitrogens with one attached hydrogen (secondary N) is 1. The molecule has 4 heterocycles. The van der Waals surface area contributed by atoms with Crippen LogP contribution in [0.5, 0.6) is 0 Å². The van der Waals surface area contributed by atoms with Gasteiger partial charge in [0.2, 0.25) is 5.91 Å². The van der Waals surface area contributed by atoms with Crippen LogP contribution in [-0.2, 0) is 4.79 Å². The van der Waals surface area contributed by atoms with Gasteiger partial charge in [0.05, 0.1) is 0 Å². The molecule has 0 unspecified atom stereocenters. The van der Waals surface area contributed by atoms with Crippen molar-refractivity contribution in [1.29, 1.82) is 0 Å². The fourth-order valence-corrected chi connectivity index (χ4v) is 5.26. The number of rotatable bonds is 5. The first-order valence-electron chi connectivity index (χ1n) is 10.3. The molecule has 0 saturated carbocycles. The molecule has 0 atom stereocenters. The Morgan fingerprint density at radius 2 is 2.00 bits per heavy atom. The number of carbonyl (C=O) groups is 1. The van der Waals surface area contributed by atoms with E-state index in [4.69, 9.17) is 0 Å². The first-order valence-corrected chi connectivity index (χ1v) is 11.1. The van der Waals surface area contributed by atoms with Crippen LogP contribution in [0.15, 0.2) is 18.3 Å². The van der Waals surface area contributed by atoms with Crippen LogP contribution < -0.4 is 10.2 Å². The summed E-state index contributed by atoms with van der Waals surface area (Å²) in [5, 5.41) is 4.43. The molecule has 5 nitrogen and oxygen atoms in total. The van der Waals surface area contributed by atoms with Crippen LogP contribution in [0.25, 0.3) is 10.1 Å². The summed E-state index contributed by atoms with van der Waals surface area (Å²) in [4.78, 5) is 23.3. The van der Waals surface area contributed by atoms with E-state index >= 15 is 0 Å². The Morgan fingerprint density at radius 1 is 1.22 bits per heavy atom. The van der Waals surface area contributed by atoms with Crippen molar-refractivity contribution >= 4 is 33.1 Å². The van der Waals surface area contributed by atoms with Crippen molar-refractivity contribution in [2.75, 3.05) is 44.2 Å². The van der Waals surface area contributed by atoms with Gasteiger partial charge in [0.1, 0.15) is 5.82 Å². The number of nitrogens with zero attached hydrogens (tertiary/aromatic N) is 3. The highest BCUT2D eigenvalue weighted by Gasteiger charge is 2.26. The number of piperidine rings is 2. The van der Waals surface area contributed by atoms with E-state index in [2.05, 4.69) is 39.2 Å². The van der Waals surface area contributed by atoms with Crippen molar-refractivity contribution in [2.45, 2.75) is 39.0 Å². The van der Waals surface area contributed by atoms with Gasteiger partial charge in [-0.05, 0) is 57.8 Å². The first-order chi connectivity index (χ1) is 13.2. The van der Waals surface area contributed by atoms with Crippen LogP contribution in [0, 0.1) is 12.8 Å². The number of fused-ring (bicyclic) bond motifs is 1. The van der Waals surface area contributed by atoms with Gasteiger partial charge in [-0.3, -0.25) is 4.79 Å². The van der Waals surface area contributed by atoms with Gasteiger partial charge in [-0.1, -0.05) is 6.42 Å². The quantitative estimate of drug-likeness (QED) is 0.855. The SMILES string of the molecule is Cc1cc2c(N3CCC(C(=O)NCCN4CCCCC4)CC3)nccc2s1. The van der Waals surface area contributed by atoms with Gasteiger partial charge in [-0.2, -0.15) is 0 Å². The maximum Gasteiger partial charge on any atom is 0.223 e. The maximum atomic E-state index is 12.5. The van der Waals surface area contributed by atoms with Crippen molar-refractivity contribution in [1.82, 2.24) is 15.2 Å². The van der Waals surface area contributed by atoms with E-state index in [9.17, 15) is 4.79 Å². The molecule has 2 aromatic heterocycles. The molecule has 2 aliphatic heterocycles. The van der Waals surface area contributed by atoms with Gasteiger partial charge >= 0.3 is 0 Å². The molecule has 2 saturated heterocycles. The molecule has 0 aliphatic carbocycles. The van der Waals surface area contributed by atoms with Crippen molar-refractivity contribution in [3.8, 4) is 0 Å². The number of pyridine rings is 1. The van der Waals surface area contributed by atoms with E-state index in [1.54, 1.807) is 0 Å². The number of aryl methyl sites for hydroxylation is 1. The van der Waals surface area contributed by atoms with Crippen molar-refractivity contribution in [2.24, 2.45) is 5.92 Å². The summed E-state index contributed by atoms with van der Waals surface area (Å²) < 4.78 is 1.30. The zero-order valence-corrected chi connectivity index (χ0v) is 17.1. The molecule has 0 aromatic carbocycles. The lowest BCUT2D eigenvalue weighted by molar-refractivity contribution is -0.125. The Balaban J connectivity index is 1.27. The number of hydrogen-bond donors (Lipinski definition) is 1. The summed E-state index contributed by atoms with van der Waals surface area (Å²) >= 11 is 1.82. The van der Waals surface area contributed by atoms with E-state index in [1.807, 2.05) is 17.5 Å². The number of anilines is 1. The second kappa shape index (κ2) is 8.57. The molecular weight excluding hydrogens is 356 g/mol. The van der Waals surface area contributed by atoms with Gasteiger partial charge in [0, 0.05) is 53.3 Å². The molecule has 1 amide bonds. The van der Waals surface area contributed by atoms with Gasteiger partial charge in [0.25, 0.3) is 0 Å². The lowest BCUT2D eigenvalue weighted by Gasteiger charge is -2.32. The van der Waals surface area contributed by atoms with Crippen LogP contribution in [0.4, 0.5) is 5.82 Å². The fraction of sp³-hybridized carbons (Fsp3) is 0.619. The molecule has 27 heavy (non-hydrogen) atoms. The second-order valence-electron chi connectivity index (χ2n) is 7.86. The Kier molecular flexibility index (Phi) is 5.93. The van der Waals surface area contributed by atoms with E-state index in [0.29, 0.717) is 0 Å². The Labute approximate surface area is 165 Å². The third-order valence-electron chi connectivity index (χ3n) is 5.89. The van der Waals surface area contributed by atoms with Gasteiger partial charge in [-0.25, -0.2) is 4.98 Å². The maximum absolute atomic E-state index is 12.5. The highest BCUT2D eigenvalue weighted by molar-refractivity contribution is 7.19. The molecule has 1 N–H and O–H groups in total. The molecule has 0 spiro atoms. The predicted octanol–water partition coefficient (Wildman–Crippen LogP) is 3.42. The third kappa shape index (κ3) is 4.43. The highest BCUT2D eigenvalue weighted by Crippen LogP contribution is 2.33. The van der Waals surface area contributed by atoms with Gasteiger partial charge in [-0.15, -0.1) is 11.3 Å². The van der Waals surface area contributed by atoms with E-state index < -0.39 is 0 Å². The lowest BCUT2D eigenvalue weighted by Crippen LogP contribution is -2.43. The van der Waals surface area contributed by atoms with Gasteiger partial charge in [0.15, 0.2) is 0 Å². The van der Waals surface area contributed by atoms with Crippen molar-refractivity contribution in [3.63, 3.8) is 0 Å². The molecule has 0 bridgehead atoms. The van der Waals surface area contributed by atoms with Crippen LogP contribution in [0.3, 0.4) is 0 Å². The molecule has 6 heteroatoms. The second-order valence-corrected chi connectivity index (χ2v) is 9.15. The van der Waals surface area contributed by atoms with Crippen LogP contribution in [0.2, 0.25) is 0 Å². The van der Waals surface area contributed by atoms with Gasteiger partial charge < -0.3 is 15.1 Å². The zero-order valence-electron chi connectivity index (χ0n) is 16.2. The summed E-state index contributed by atoms with van der Waals surface area (Å²) in [5.41, 5.74) is 0. The van der Waals surface area contributed by atoms with Crippen molar-refractivity contribution in [3.05, 3.63) is 23.2 Å². The monoisotopic (exact) mass is 386 g/mol. The smallest absolute Gasteiger partial charge is 0.223 e. The molecular formula is C21H30N4OS. The van der Waals surface area contributed by atoms with E-state index in [0.717, 1.165) is 44.8 Å². The Hall–Kier alpha value is -1.66. The zero-order chi connectivity index (χ0) is 18.6. The highest BCUT2D eigenvalue weighted by atomic mass is 32.1. The van der Waals surface area contributed by atoms with Crippen molar-refractivity contribution < 1.29 is 4.79 Å².